The van der Waals surface area contributed by atoms with E-state index in [4.69, 9.17) is 15.3 Å². The molecule has 2 unspecified atom stereocenters. The number of aryl methyl sites for hydroxylation is 2. The lowest BCUT2D eigenvalue weighted by Gasteiger charge is -2.31. The number of methoxy groups -OCH3 is 1. The average molecular weight is 282 g/mol. The molecule has 1 aliphatic rings. The lowest BCUT2D eigenvalue weighted by Crippen LogP contribution is -2.41. The molecule has 1 fully saturated rings. The fraction of sp³-hybridized carbons (Fsp3) is 0.571. The molecule has 1 aromatic carbocycles. The highest BCUT2D eigenvalue weighted by atomic mass is 32.2. The van der Waals surface area contributed by atoms with Gasteiger partial charge in [0.15, 0.2) is 0 Å². The van der Waals surface area contributed by atoms with Crippen LogP contribution in [-0.4, -0.2) is 31.3 Å². The Balaban J connectivity index is 2.29. The summed E-state index contributed by atoms with van der Waals surface area (Å²) >= 11 is 1.91. The summed E-state index contributed by atoms with van der Waals surface area (Å²) in [5.74, 6) is 8.70. The smallest absolute Gasteiger partial charge is 0.122 e. The van der Waals surface area contributed by atoms with Crippen LogP contribution in [0.1, 0.15) is 22.7 Å². The first kappa shape index (κ1) is 14.7. The Hall–Kier alpha value is -0.750. The fourth-order valence-electron chi connectivity index (χ4n) is 2.46. The molecule has 1 heterocycles. The number of benzene rings is 1. The van der Waals surface area contributed by atoms with E-state index >= 15 is 0 Å². The number of nitrogens with two attached hydrogens (primary N) is 1. The van der Waals surface area contributed by atoms with Crippen LogP contribution in [0.4, 0.5) is 0 Å². The lowest BCUT2D eigenvalue weighted by molar-refractivity contribution is 0.0466. The molecule has 19 heavy (non-hydrogen) atoms. The van der Waals surface area contributed by atoms with E-state index in [1.165, 1.54) is 11.1 Å². The van der Waals surface area contributed by atoms with Gasteiger partial charge in [0.2, 0.25) is 0 Å². The number of thioether (sulfide) groups is 1. The van der Waals surface area contributed by atoms with Crippen LogP contribution in [0.3, 0.4) is 0 Å². The van der Waals surface area contributed by atoms with Crippen molar-refractivity contribution >= 4 is 11.8 Å². The Morgan fingerprint density at radius 1 is 1.42 bits per heavy atom. The molecule has 3 N–H and O–H groups in total. The molecule has 2 rings (SSSR count). The van der Waals surface area contributed by atoms with Crippen molar-refractivity contribution in [3.05, 3.63) is 28.8 Å². The van der Waals surface area contributed by atoms with Gasteiger partial charge in [0.1, 0.15) is 5.75 Å². The van der Waals surface area contributed by atoms with E-state index in [0.29, 0.717) is 0 Å². The van der Waals surface area contributed by atoms with Crippen molar-refractivity contribution in [3.63, 3.8) is 0 Å². The molecule has 1 aliphatic heterocycles. The van der Waals surface area contributed by atoms with Crippen LogP contribution in [0.5, 0.6) is 5.75 Å². The van der Waals surface area contributed by atoms with Gasteiger partial charge in [0.05, 0.1) is 25.9 Å². The van der Waals surface area contributed by atoms with Crippen LogP contribution in [0, 0.1) is 13.8 Å². The Bertz CT molecular complexity index is 434. The molecular formula is C14H22N2O2S. The number of rotatable bonds is 4. The van der Waals surface area contributed by atoms with Gasteiger partial charge in [-0.15, -0.1) is 0 Å². The highest BCUT2D eigenvalue weighted by Gasteiger charge is 2.27. The van der Waals surface area contributed by atoms with E-state index < -0.39 is 0 Å². The van der Waals surface area contributed by atoms with Crippen molar-refractivity contribution in [2.24, 2.45) is 5.84 Å². The van der Waals surface area contributed by atoms with Crippen molar-refractivity contribution < 1.29 is 9.47 Å². The molecule has 5 heteroatoms. The largest absolute Gasteiger partial charge is 0.496 e. The second-order valence-corrected chi connectivity index (χ2v) is 5.96. The fourth-order valence-corrected chi connectivity index (χ4v) is 3.36. The Labute approximate surface area is 119 Å². The van der Waals surface area contributed by atoms with E-state index in [2.05, 4.69) is 24.5 Å². The van der Waals surface area contributed by atoms with E-state index in [0.717, 1.165) is 29.4 Å². The third-order valence-electron chi connectivity index (χ3n) is 3.51. The second-order valence-electron chi connectivity index (χ2n) is 4.81. The molecule has 1 saturated heterocycles. The number of hydrogen-bond acceptors (Lipinski definition) is 5. The molecule has 0 radical (unpaired) electrons. The Morgan fingerprint density at radius 2 is 2.21 bits per heavy atom. The number of hydrogen-bond donors (Lipinski definition) is 2. The maximum Gasteiger partial charge on any atom is 0.122 e. The van der Waals surface area contributed by atoms with Gasteiger partial charge in [-0.25, -0.2) is 0 Å². The van der Waals surface area contributed by atoms with Gasteiger partial charge in [-0.2, -0.15) is 11.8 Å². The third-order valence-corrected chi connectivity index (χ3v) is 4.53. The minimum Gasteiger partial charge on any atom is -0.496 e. The zero-order chi connectivity index (χ0) is 13.8. The molecular weight excluding hydrogens is 260 g/mol. The molecule has 0 aliphatic carbocycles. The second kappa shape index (κ2) is 6.61. The SMILES string of the molecule is COc1cc(C)c(C(NN)C2CSCCO2)cc1C. The summed E-state index contributed by atoms with van der Waals surface area (Å²) in [5.41, 5.74) is 6.39. The summed E-state index contributed by atoms with van der Waals surface area (Å²) in [6, 6.07) is 4.23. The molecule has 0 bridgehead atoms. The first-order valence-electron chi connectivity index (χ1n) is 6.48. The standard InChI is InChI=1S/C14H22N2O2S/c1-9-7-12(17-3)10(2)6-11(9)14(16-15)13-8-19-5-4-18-13/h6-7,13-14,16H,4-5,8,15H2,1-3H3. The van der Waals surface area contributed by atoms with Crippen LogP contribution >= 0.6 is 11.8 Å². The topological polar surface area (TPSA) is 56.5 Å². The lowest BCUT2D eigenvalue weighted by atomic mass is 9.95. The van der Waals surface area contributed by atoms with Crippen LogP contribution < -0.4 is 16.0 Å². The van der Waals surface area contributed by atoms with E-state index in [1.807, 2.05) is 18.7 Å². The monoisotopic (exact) mass is 282 g/mol. The first-order valence-corrected chi connectivity index (χ1v) is 7.63. The Kier molecular flexibility index (Phi) is 5.10. The van der Waals surface area contributed by atoms with Crippen molar-refractivity contribution in [1.29, 1.82) is 0 Å². The summed E-state index contributed by atoms with van der Waals surface area (Å²) in [6.07, 6.45) is 0.121. The van der Waals surface area contributed by atoms with E-state index in [1.54, 1.807) is 7.11 Å². The van der Waals surface area contributed by atoms with Crippen molar-refractivity contribution in [2.45, 2.75) is 26.0 Å². The molecule has 106 valence electrons. The molecule has 2 atom stereocenters. The third kappa shape index (κ3) is 3.23. The van der Waals surface area contributed by atoms with Gasteiger partial charge < -0.3 is 9.47 Å². The highest BCUT2D eigenvalue weighted by molar-refractivity contribution is 7.99. The molecule has 1 aromatic rings. The molecule has 0 amide bonds. The number of ether oxygens (including phenoxy) is 2. The van der Waals surface area contributed by atoms with Crippen LogP contribution in [-0.2, 0) is 4.74 Å². The maximum atomic E-state index is 5.84. The van der Waals surface area contributed by atoms with Gasteiger partial charge in [-0.1, -0.05) is 6.07 Å². The predicted octanol–water partition coefficient (Wildman–Crippen LogP) is 1.95. The molecule has 0 aromatic heterocycles. The van der Waals surface area contributed by atoms with Gasteiger partial charge in [0, 0.05) is 11.5 Å². The van der Waals surface area contributed by atoms with Crippen molar-refractivity contribution in [3.8, 4) is 5.75 Å². The quantitative estimate of drug-likeness (QED) is 0.653. The number of nitrogens with one attached hydrogen (secondary N) is 1. The summed E-state index contributed by atoms with van der Waals surface area (Å²) in [5, 5.41) is 0. The summed E-state index contributed by atoms with van der Waals surface area (Å²) in [4.78, 5) is 0. The van der Waals surface area contributed by atoms with E-state index in [-0.39, 0.29) is 12.1 Å². The van der Waals surface area contributed by atoms with Gasteiger partial charge in [-0.05, 0) is 36.6 Å². The van der Waals surface area contributed by atoms with Gasteiger partial charge in [0.25, 0.3) is 0 Å². The van der Waals surface area contributed by atoms with Gasteiger partial charge >= 0.3 is 0 Å². The maximum absolute atomic E-state index is 5.84. The average Bonchev–Trinajstić information content (AvgIpc) is 2.44. The van der Waals surface area contributed by atoms with E-state index in [9.17, 15) is 0 Å². The zero-order valence-electron chi connectivity index (χ0n) is 11.7. The molecule has 0 spiro atoms. The van der Waals surface area contributed by atoms with Gasteiger partial charge in [-0.3, -0.25) is 11.3 Å². The first-order chi connectivity index (χ1) is 9.17. The minimum atomic E-state index is 0.0254. The Morgan fingerprint density at radius 3 is 2.79 bits per heavy atom. The van der Waals surface area contributed by atoms with Crippen LogP contribution in [0.15, 0.2) is 12.1 Å². The minimum absolute atomic E-state index is 0.0254. The van der Waals surface area contributed by atoms with Crippen molar-refractivity contribution in [1.82, 2.24) is 5.43 Å². The normalized spacial score (nSPS) is 21.2. The predicted molar refractivity (Wildman–Crippen MR) is 79.6 cm³/mol. The summed E-state index contributed by atoms with van der Waals surface area (Å²) < 4.78 is 11.2. The summed E-state index contributed by atoms with van der Waals surface area (Å²) in [6.45, 7) is 4.92. The van der Waals surface area contributed by atoms with Crippen molar-refractivity contribution in [2.75, 3.05) is 25.2 Å². The molecule has 0 saturated carbocycles. The number of hydrazine groups is 1. The summed E-state index contributed by atoms with van der Waals surface area (Å²) in [7, 11) is 1.70. The molecule has 4 nitrogen and oxygen atoms in total. The zero-order valence-corrected chi connectivity index (χ0v) is 12.5. The van der Waals surface area contributed by atoms with Crippen LogP contribution in [0.25, 0.3) is 0 Å². The highest BCUT2D eigenvalue weighted by Crippen LogP contribution is 2.31. The van der Waals surface area contributed by atoms with Crippen LogP contribution in [0.2, 0.25) is 0 Å².